The van der Waals surface area contributed by atoms with Crippen LogP contribution in [0.15, 0.2) is 35.6 Å². The van der Waals surface area contributed by atoms with Crippen LogP contribution in [0.1, 0.15) is 0 Å². The highest BCUT2D eigenvalue weighted by Gasteiger charge is 2.28. The van der Waals surface area contributed by atoms with Crippen LogP contribution < -0.4 is 11.1 Å². The maximum absolute atomic E-state index is 10.4. The first-order valence-corrected chi connectivity index (χ1v) is 4.06. The van der Waals surface area contributed by atoms with Gasteiger partial charge in [0.1, 0.15) is 6.21 Å². The molecule has 0 saturated heterocycles. The average Bonchev–Trinajstić information content (AvgIpc) is 2.71. The first-order chi connectivity index (χ1) is 7.12. The van der Waals surface area contributed by atoms with E-state index in [1.54, 1.807) is 12.4 Å². The molecule has 0 spiro atoms. The van der Waals surface area contributed by atoms with E-state index in [2.05, 4.69) is 15.3 Å². The number of hydrogen-bond acceptors (Lipinski definition) is 6. The molecule has 0 fully saturated rings. The van der Waals surface area contributed by atoms with Gasteiger partial charge in [0.15, 0.2) is 0 Å². The minimum atomic E-state index is -1.24. The van der Waals surface area contributed by atoms with Crippen molar-refractivity contribution in [1.82, 2.24) is 14.9 Å². The highest BCUT2D eigenvalue weighted by molar-refractivity contribution is 5.76. The summed E-state index contributed by atoms with van der Waals surface area (Å²) in [4.78, 5) is 17.5. The van der Waals surface area contributed by atoms with Gasteiger partial charge in [-0.2, -0.15) is 0 Å². The van der Waals surface area contributed by atoms with Crippen LogP contribution in [0.3, 0.4) is 0 Å². The highest BCUT2D eigenvalue weighted by Crippen LogP contribution is 2.11. The number of aromatic nitrogens is 2. The normalized spacial score (nSPS) is 24.5. The summed E-state index contributed by atoms with van der Waals surface area (Å²) in [5.74, 6) is -1.24. The van der Waals surface area contributed by atoms with Crippen molar-refractivity contribution in [1.29, 1.82) is 0 Å². The van der Waals surface area contributed by atoms with Gasteiger partial charge >= 0.3 is 5.70 Å². The minimum absolute atomic E-state index is 0.142. The van der Waals surface area contributed by atoms with Gasteiger partial charge in [-0.25, -0.2) is 9.98 Å². The van der Waals surface area contributed by atoms with E-state index in [1.165, 1.54) is 17.1 Å². The third-order valence-electron chi connectivity index (χ3n) is 1.93. The zero-order valence-electron chi connectivity index (χ0n) is 7.57. The number of nitrogens with two attached hydrogens (primary N) is 1. The van der Waals surface area contributed by atoms with Crippen LogP contribution in [0.5, 0.6) is 0 Å². The fourth-order valence-electron chi connectivity index (χ4n) is 1.12. The lowest BCUT2D eigenvalue weighted by Crippen LogP contribution is -2.53. The van der Waals surface area contributed by atoms with Crippen LogP contribution >= 0.6 is 0 Å². The Morgan fingerprint density at radius 3 is 2.93 bits per heavy atom. The van der Waals surface area contributed by atoms with Gasteiger partial charge in [-0.15, -0.1) is 0 Å². The van der Waals surface area contributed by atoms with Crippen LogP contribution in [0.2, 0.25) is 0 Å². The van der Waals surface area contributed by atoms with Crippen molar-refractivity contribution in [2.45, 2.75) is 5.91 Å². The van der Waals surface area contributed by atoms with Crippen LogP contribution in [0.25, 0.3) is 0 Å². The molecule has 1 aliphatic heterocycles. The van der Waals surface area contributed by atoms with Gasteiger partial charge in [-0.05, 0) is 0 Å². The number of aliphatic imine (C=N–C) groups is 1. The molecular weight excluding hydrogens is 200 g/mol. The van der Waals surface area contributed by atoms with Gasteiger partial charge < -0.3 is 5.32 Å². The van der Waals surface area contributed by atoms with Gasteiger partial charge in [0.25, 0.3) is 5.91 Å². The van der Waals surface area contributed by atoms with E-state index in [0.29, 0.717) is 0 Å². The Labute approximate surface area is 84.3 Å². The maximum atomic E-state index is 10.4. The Hall–Kier alpha value is -2.22. The highest BCUT2D eigenvalue weighted by atomic mass is 16.6. The van der Waals surface area contributed by atoms with Gasteiger partial charge in [0.2, 0.25) is 0 Å². The van der Waals surface area contributed by atoms with Crippen molar-refractivity contribution in [3.8, 4) is 0 Å². The summed E-state index contributed by atoms with van der Waals surface area (Å²) in [6, 6.07) is 0. The lowest BCUT2D eigenvalue weighted by molar-refractivity contribution is -0.415. The molecule has 8 nitrogen and oxygen atoms in total. The predicted molar refractivity (Wildman–Crippen MR) is 51.1 cm³/mol. The zero-order chi connectivity index (χ0) is 10.9. The van der Waals surface area contributed by atoms with E-state index in [0.717, 1.165) is 6.21 Å². The quantitative estimate of drug-likeness (QED) is 0.488. The number of rotatable bonds is 2. The standard InChI is InChI=1S/C7H8N6O2/c8-7(12-2-1-9-5-12)10-3-6(4-11-7)13(14)15/h1-5,10H,8H2. The number of nitro groups is 1. The summed E-state index contributed by atoms with van der Waals surface area (Å²) in [5, 5.41) is 13.0. The second kappa shape index (κ2) is 3.17. The fourth-order valence-corrected chi connectivity index (χ4v) is 1.12. The van der Waals surface area contributed by atoms with E-state index < -0.39 is 10.8 Å². The summed E-state index contributed by atoms with van der Waals surface area (Å²) in [5.41, 5.74) is 5.69. The fraction of sp³-hybridized carbons (Fsp3) is 0.143. The van der Waals surface area contributed by atoms with E-state index >= 15 is 0 Å². The maximum Gasteiger partial charge on any atom is 0.302 e. The molecule has 8 heteroatoms. The van der Waals surface area contributed by atoms with Crippen molar-refractivity contribution in [2.24, 2.45) is 10.7 Å². The molecule has 0 aliphatic carbocycles. The number of imidazole rings is 1. The lowest BCUT2D eigenvalue weighted by atomic mass is 10.4. The molecule has 1 atom stereocenters. The van der Waals surface area contributed by atoms with Gasteiger partial charge in [-0.1, -0.05) is 0 Å². The zero-order valence-corrected chi connectivity index (χ0v) is 7.57. The first-order valence-electron chi connectivity index (χ1n) is 4.06. The molecule has 2 rings (SSSR count). The number of nitrogens with zero attached hydrogens (tertiary/aromatic N) is 4. The monoisotopic (exact) mass is 208 g/mol. The lowest BCUT2D eigenvalue weighted by Gasteiger charge is -2.27. The van der Waals surface area contributed by atoms with Gasteiger partial charge in [-0.3, -0.25) is 20.4 Å². The van der Waals surface area contributed by atoms with Crippen molar-refractivity contribution in [3.05, 3.63) is 40.7 Å². The molecule has 2 heterocycles. The van der Waals surface area contributed by atoms with Crippen molar-refractivity contribution in [2.75, 3.05) is 0 Å². The second-order valence-electron chi connectivity index (χ2n) is 2.92. The molecule has 1 aromatic rings. The molecule has 1 aliphatic rings. The number of allylic oxidation sites excluding steroid dienone is 1. The summed E-state index contributed by atoms with van der Waals surface area (Å²) in [6.45, 7) is 0. The molecule has 78 valence electrons. The van der Waals surface area contributed by atoms with Crippen molar-refractivity contribution in [3.63, 3.8) is 0 Å². The molecule has 0 radical (unpaired) electrons. The molecule has 1 aromatic heterocycles. The molecular formula is C7H8N6O2. The Morgan fingerprint density at radius 2 is 2.47 bits per heavy atom. The molecule has 1 unspecified atom stereocenters. The second-order valence-corrected chi connectivity index (χ2v) is 2.92. The molecule has 0 saturated carbocycles. The topological polar surface area (TPSA) is 111 Å². The van der Waals surface area contributed by atoms with Crippen LogP contribution in [0, 0.1) is 10.1 Å². The molecule has 0 amide bonds. The van der Waals surface area contributed by atoms with Gasteiger partial charge in [0.05, 0.1) is 17.5 Å². The Balaban J connectivity index is 2.25. The Kier molecular flexibility index (Phi) is 1.97. The Morgan fingerprint density at radius 1 is 1.67 bits per heavy atom. The van der Waals surface area contributed by atoms with Crippen LogP contribution in [-0.4, -0.2) is 20.7 Å². The van der Waals surface area contributed by atoms with Crippen molar-refractivity contribution < 1.29 is 4.92 Å². The molecule has 3 N–H and O–H groups in total. The number of nitrogens with one attached hydrogen (secondary N) is 1. The summed E-state index contributed by atoms with van der Waals surface area (Å²) >= 11 is 0. The molecule has 0 bridgehead atoms. The SMILES string of the molecule is NC1(n2ccnc2)N=CC([N+](=O)[O-])=CN1. The Bertz CT molecular complexity index is 436. The van der Waals surface area contributed by atoms with Crippen LogP contribution in [0.4, 0.5) is 0 Å². The van der Waals surface area contributed by atoms with Gasteiger partial charge in [0, 0.05) is 12.4 Å². The third kappa shape index (κ3) is 1.57. The summed E-state index contributed by atoms with van der Waals surface area (Å²) in [6.07, 6.45) is 6.92. The number of hydrogen-bond donors (Lipinski definition) is 2. The summed E-state index contributed by atoms with van der Waals surface area (Å²) < 4.78 is 1.50. The van der Waals surface area contributed by atoms with E-state index in [-0.39, 0.29) is 5.70 Å². The molecule has 0 aromatic carbocycles. The van der Waals surface area contributed by atoms with E-state index in [1.807, 2.05) is 0 Å². The van der Waals surface area contributed by atoms with Crippen LogP contribution in [-0.2, 0) is 5.91 Å². The van der Waals surface area contributed by atoms with Crippen molar-refractivity contribution >= 4 is 6.21 Å². The summed E-state index contributed by atoms with van der Waals surface area (Å²) in [7, 11) is 0. The minimum Gasteiger partial charge on any atom is -0.331 e. The average molecular weight is 208 g/mol. The smallest absolute Gasteiger partial charge is 0.302 e. The third-order valence-corrected chi connectivity index (χ3v) is 1.93. The van der Waals surface area contributed by atoms with E-state index in [9.17, 15) is 10.1 Å². The predicted octanol–water partition coefficient (Wildman–Crippen LogP) is -0.798. The first kappa shape index (κ1) is 9.34. The van der Waals surface area contributed by atoms with E-state index in [4.69, 9.17) is 5.73 Å². The molecule has 15 heavy (non-hydrogen) atoms. The largest absolute Gasteiger partial charge is 0.331 e.